The van der Waals surface area contributed by atoms with Crippen LogP contribution >= 0.6 is 11.3 Å². The van der Waals surface area contributed by atoms with E-state index in [1.807, 2.05) is 26.6 Å². The SMILES string of the molecule is COCC(=O)N1CCCC(c2nnc3n2CCN(C(=O)c2ccsc2)C3)C1. The third-order valence-electron chi connectivity index (χ3n) is 5.24. The van der Waals surface area contributed by atoms with E-state index in [-0.39, 0.29) is 24.3 Å². The van der Waals surface area contributed by atoms with Gasteiger partial charge in [-0.3, -0.25) is 9.59 Å². The number of nitrogens with zero attached hydrogens (tertiary/aromatic N) is 5. The van der Waals surface area contributed by atoms with Crippen LogP contribution in [0.1, 0.15) is 40.8 Å². The second kappa shape index (κ2) is 7.77. The summed E-state index contributed by atoms with van der Waals surface area (Å²) >= 11 is 1.52. The van der Waals surface area contributed by atoms with Gasteiger partial charge in [0, 0.05) is 44.6 Å². The number of aromatic nitrogens is 3. The highest BCUT2D eigenvalue weighted by Crippen LogP contribution is 2.28. The fourth-order valence-corrected chi connectivity index (χ4v) is 4.48. The zero-order valence-electron chi connectivity index (χ0n) is 15.3. The largest absolute Gasteiger partial charge is 0.375 e. The van der Waals surface area contributed by atoms with Gasteiger partial charge in [-0.15, -0.1) is 10.2 Å². The van der Waals surface area contributed by atoms with Crippen LogP contribution in [0.5, 0.6) is 0 Å². The van der Waals surface area contributed by atoms with E-state index in [0.717, 1.165) is 36.6 Å². The molecule has 2 aromatic heterocycles. The second-order valence-corrected chi connectivity index (χ2v) is 7.76. The van der Waals surface area contributed by atoms with Crippen molar-refractivity contribution in [2.45, 2.75) is 31.8 Å². The molecule has 1 atom stereocenters. The fraction of sp³-hybridized carbons (Fsp3) is 0.556. The molecule has 4 rings (SSSR count). The summed E-state index contributed by atoms with van der Waals surface area (Å²) in [5, 5.41) is 12.6. The van der Waals surface area contributed by atoms with Crippen LogP contribution in [-0.2, 0) is 22.6 Å². The van der Waals surface area contributed by atoms with Crippen molar-refractivity contribution in [3.63, 3.8) is 0 Å². The van der Waals surface area contributed by atoms with Crippen LogP contribution in [-0.4, -0.2) is 69.7 Å². The van der Waals surface area contributed by atoms with Crippen LogP contribution in [0.2, 0.25) is 0 Å². The van der Waals surface area contributed by atoms with Gasteiger partial charge in [-0.25, -0.2) is 0 Å². The molecule has 27 heavy (non-hydrogen) atoms. The van der Waals surface area contributed by atoms with Gasteiger partial charge in [-0.1, -0.05) is 0 Å². The lowest BCUT2D eigenvalue weighted by molar-refractivity contribution is -0.136. The molecule has 9 heteroatoms. The number of thiophene rings is 1. The van der Waals surface area contributed by atoms with E-state index in [9.17, 15) is 9.59 Å². The highest BCUT2D eigenvalue weighted by molar-refractivity contribution is 7.08. The lowest BCUT2D eigenvalue weighted by Gasteiger charge is -2.33. The molecule has 2 amide bonds. The lowest BCUT2D eigenvalue weighted by atomic mass is 9.97. The molecule has 0 N–H and O–H groups in total. The molecule has 0 aliphatic carbocycles. The first kappa shape index (κ1) is 18.1. The standard InChI is InChI=1S/C18H23N5O3S/c1-26-11-16(24)21-5-2-3-13(9-21)17-20-19-15-10-22(6-7-23(15)17)18(25)14-4-8-27-12-14/h4,8,12-13H,2-3,5-7,9-11H2,1H3. The molecule has 0 spiro atoms. The summed E-state index contributed by atoms with van der Waals surface area (Å²) in [7, 11) is 1.54. The van der Waals surface area contributed by atoms with Gasteiger partial charge in [0.2, 0.25) is 5.91 Å². The van der Waals surface area contributed by atoms with E-state index in [1.165, 1.54) is 18.4 Å². The molecule has 4 heterocycles. The van der Waals surface area contributed by atoms with Crippen molar-refractivity contribution in [3.05, 3.63) is 34.0 Å². The molecule has 0 radical (unpaired) electrons. The summed E-state index contributed by atoms with van der Waals surface area (Å²) in [6.07, 6.45) is 1.94. The Labute approximate surface area is 161 Å². The minimum absolute atomic E-state index is 0.0214. The quantitative estimate of drug-likeness (QED) is 0.789. The van der Waals surface area contributed by atoms with Crippen LogP contribution in [0.25, 0.3) is 0 Å². The number of ether oxygens (including phenoxy) is 1. The average molecular weight is 389 g/mol. The predicted molar refractivity (Wildman–Crippen MR) is 99.5 cm³/mol. The maximum atomic E-state index is 12.6. The zero-order valence-corrected chi connectivity index (χ0v) is 16.2. The Kier molecular flexibility index (Phi) is 5.22. The van der Waals surface area contributed by atoms with Crippen molar-refractivity contribution < 1.29 is 14.3 Å². The summed E-state index contributed by atoms with van der Waals surface area (Å²) in [6.45, 7) is 3.34. The Morgan fingerprint density at radius 3 is 2.93 bits per heavy atom. The molecule has 1 fully saturated rings. The average Bonchev–Trinajstić information content (AvgIpc) is 3.37. The molecule has 2 aliphatic rings. The summed E-state index contributed by atoms with van der Waals surface area (Å²) in [5.41, 5.74) is 0.729. The number of methoxy groups -OCH3 is 1. The van der Waals surface area contributed by atoms with Crippen molar-refractivity contribution in [1.29, 1.82) is 0 Å². The molecule has 0 bridgehead atoms. The number of amides is 2. The van der Waals surface area contributed by atoms with Crippen molar-refractivity contribution >= 4 is 23.2 Å². The molecule has 8 nitrogen and oxygen atoms in total. The number of carbonyl (C=O) groups is 2. The summed E-state index contributed by atoms with van der Waals surface area (Å²) in [4.78, 5) is 28.4. The Morgan fingerprint density at radius 1 is 1.26 bits per heavy atom. The van der Waals surface area contributed by atoms with Gasteiger partial charge >= 0.3 is 0 Å². The number of hydrogen-bond donors (Lipinski definition) is 0. The molecule has 1 saturated heterocycles. The highest BCUT2D eigenvalue weighted by Gasteiger charge is 2.31. The smallest absolute Gasteiger partial charge is 0.255 e. The molecule has 1 unspecified atom stereocenters. The minimum atomic E-state index is 0.0214. The topological polar surface area (TPSA) is 80.6 Å². The fourth-order valence-electron chi connectivity index (χ4n) is 3.85. The minimum Gasteiger partial charge on any atom is -0.375 e. The van der Waals surface area contributed by atoms with Crippen LogP contribution in [0.15, 0.2) is 16.8 Å². The van der Waals surface area contributed by atoms with E-state index in [4.69, 9.17) is 4.74 Å². The molecule has 2 aliphatic heterocycles. The van der Waals surface area contributed by atoms with Crippen LogP contribution in [0, 0.1) is 0 Å². The van der Waals surface area contributed by atoms with E-state index in [0.29, 0.717) is 26.2 Å². The van der Waals surface area contributed by atoms with Gasteiger partial charge < -0.3 is 19.1 Å². The lowest BCUT2D eigenvalue weighted by Crippen LogP contribution is -2.42. The van der Waals surface area contributed by atoms with Crippen molar-refractivity contribution in [2.75, 3.05) is 33.4 Å². The molecular formula is C18H23N5O3S. The Balaban J connectivity index is 1.47. The van der Waals surface area contributed by atoms with Crippen LogP contribution in [0.4, 0.5) is 0 Å². The molecule has 0 aromatic carbocycles. The predicted octanol–water partition coefficient (Wildman–Crippen LogP) is 1.35. The van der Waals surface area contributed by atoms with Crippen LogP contribution in [0.3, 0.4) is 0 Å². The normalized spacial score (nSPS) is 19.8. The maximum Gasteiger partial charge on any atom is 0.255 e. The second-order valence-electron chi connectivity index (χ2n) is 6.98. The highest BCUT2D eigenvalue weighted by atomic mass is 32.1. The summed E-state index contributed by atoms with van der Waals surface area (Å²) in [5.74, 6) is 2.00. The zero-order chi connectivity index (χ0) is 18.8. The van der Waals surface area contributed by atoms with E-state index < -0.39 is 0 Å². The van der Waals surface area contributed by atoms with E-state index >= 15 is 0 Å². The van der Waals surface area contributed by atoms with Crippen LogP contribution < -0.4 is 0 Å². The van der Waals surface area contributed by atoms with E-state index in [1.54, 1.807) is 0 Å². The third-order valence-corrected chi connectivity index (χ3v) is 5.93. The number of carbonyl (C=O) groups excluding carboxylic acids is 2. The third kappa shape index (κ3) is 3.61. The monoisotopic (exact) mass is 389 g/mol. The summed E-state index contributed by atoms with van der Waals surface area (Å²) in [6, 6.07) is 1.85. The summed E-state index contributed by atoms with van der Waals surface area (Å²) < 4.78 is 7.11. The Morgan fingerprint density at radius 2 is 2.15 bits per heavy atom. The van der Waals surface area contributed by atoms with Crippen molar-refractivity contribution in [1.82, 2.24) is 24.6 Å². The number of likely N-dealkylation sites (tertiary alicyclic amines) is 1. The number of piperidine rings is 1. The van der Waals surface area contributed by atoms with Gasteiger partial charge in [-0.2, -0.15) is 11.3 Å². The molecular weight excluding hydrogens is 366 g/mol. The number of fused-ring (bicyclic) bond motifs is 1. The van der Waals surface area contributed by atoms with Crippen molar-refractivity contribution in [3.8, 4) is 0 Å². The van der Waals surface area contributed by atoms with Gasteiger partial charge in [0.25, 0.3) is 5.91 Å². The number of hydrogen-bond acceptors (Lipinski definition) is 6. The Hall–Kier alpha value is -2.26. The first-order chi connectivity index (χ1) is 13.2. The maximum absolute atomic E-state index is 12.6. The van der Waals surface area contributed by atoms with E-state index in [2.05, 4.69) is 14.8 Å². The van der Waals surface area contributed by atoms with Gasteiger partial charge in [0.1, 0.15) is 12.4 Å². The van der Waals surface area contributed by atoms with Gasteiger partial charge in [0.15, 0.2) is 5.82 Å². The van der Waals surface area contributed by atoms with Crippen molar-refractivity contribution in [2.24, 2.45) is 0 Å². The van der Waals surface area contributed by atoms with Gasteiger partial charge in [-0.05, 0) is 24.3 Å². The Bertz CT molecular complexity index is 819. The first-order valence-electron chi connectivity index (χ1n) is 9.17. The molecule has 2 aromatic rings. The first-order valence-corrected chi connectivity index (χ1v) is 10.1. The molecule has 144 valence electrons. The number of rotatable bonds is 4. The molecule has 0 saturated carbocycles. The van der Waals surface area contributed by atoms with Gasteiger partial charge in [0.05, 0.1) is 12.1 Å².